The lowest BCUT2D eigenvalue weighted by molar-refractivity contribution is -0.138. The number of likely N-dealkylation sites (tertiary alicyclic amines) is 1. The van der Waals surface area contributed by atoms with Crippen LogP contribution < -0.4 is 4.74 Å². The fraction of sp³-hybridized carbons (Fsp3) is 0.320. The fourth-order valence-electron chi connectivity index (χ4n) is 4.88. The number of aliphatic carboxylic acids is 1. The van der Waals surface area contributed by atoms with Crippen LogP contribution in [0.15, 0.2) is 41.6 Å². The van der Waals surface area contributed by atoms with Gasteiger partial charge in [-0.3, -0.25) is 14.4 Å². The Morgan fingerprint density at radius 1 is 1.35 bits per heavy atom. The zero-order chi connectivity index (χ0) is 26.5. The highest BCUT2D eigenvalue weighted by molar-refractivity contribution is 7.90. The van der Waals surface area contributed by atoms with Crippen LogP contribution in [0.2, 0.25) is 0 Å². The topological polar surface area (TPSA) is 141 Å². The third-order valence-corrected chi connectivity index (χ3v) is 7.70. The Bertz CT molecular complexity index is 1690. The quantitative estimate of drug-likeness (QED) is 0.375. The van der Waals surface area contributed by atoms with Crippen molar-refractivity contribution in [2.45, 2.75) is 30.6 Å². The van der Waals surface area contributed by atoms with Gasteiger partial charge in [-0.25, -0.2) is 12.8 Å². The van der Waals surface area contributed by atoms with Gasteiger partial charge in [0, 0.05) is 53.6 Å². The molecule has 0 spiro atoms. The molecule has 10 nitrogen and oxygen atoms in total. The number of sulfone groups is 1. The molecule has 0 radical (unpaired) electrons. The summed E-state index contributed by atoms with van der Waals surface area (Å²) in [6.07, 6.45) is 2.23. The standard InChI is InChI=1S/C25H24FN5O5S/c1-14-7-21(37(2,34)35)18(17-5-6-28-23(14)17)10-31-9-16-4-3-15(8-27)25(24(16)29-31)36-20-12-30(11-19(20)26)13-22(32)33/h3-7,9,19-20,28H,10-13H2,1-2H3,(H,32,33)/t19-,20-/m1/s1. The number of alkyl halides is 1. The van der Waals surface area contributed by atoms with Crippen LogP contribution in [0, 0.1) is 18.3 Å². The van der Waals surface area contributed by atoms with Gasteiger partial charge in [-0.15, -0.1) is 0 Å². The molecule has 0 saturated carbocycles. The number of aryl methyl sites for hydroxylation is 1. The number of H-pyrrole nitrogens is 1. The van der Waals surface area contributed by atoms with Crippen molar-refractivity contribution in [3.63, 3.8) is 0 Å². The van der Waals surface area contributed by atoms with Crippen LogP contribution in [0.3, 0.4) is 0 Å². The summed E-state index contributed by atoms with van der Waals surface area (Å²) in [5.41, 5.74) is 2.71. The summed E-state index contributed by atoms with van der Waals surface area (Å²) in [7, 11) is -3.54. The summed E-state index contributed by atoms with van der Waals surface area (Å²) >= 11 is 0. The van der Waals surface area contributed by atoms with E-state index in [1.54, 1.807) is 35.3 Å². The summed E-state index contributed by atoms with van der Waals surface area (Å²) in [6.45, 7) is 1.64. The molecule has 0 aliphatic carbocycles. The SMILES string of the molecule is Cc1cc(S(C)(=O)=O)c(Cn2cc3ccc(C#N)c(O[C@@H]4CN(CC(=O)O)C[C@H]4F)c3n2)c2cc[nH]c12. The molecule has 0 amide bonds. The second-order valence-corrected chi connectivity index (χ2v) is 11.3. The van der Waals surface area contributed by atoms with Gasteiger partial charge in [-0.2, -0.15) is 10.4 Å². The summed E-state index contributed by atoms with van der Waals surface area (Å²) in [5, 5.41) is 24.7. The van der Waals surface area contributed by atoms with E-state index in [9.17, 15) is 22.9 Å². The van der Waals surface area contributed by atoms with Gasteiger partial charge in [0.1, 0.15) is 17.7 Å². The number of nitrogens with zero attached hydrogens (tertiary/aromatic N) is 4. The van der Waals surface area contributed by atoms with Gasteiger partial charge in [0.15, 0.2) is 21.8 Å². The fourth-order valence-corrected chi connectivity index (χ4v) is 5.90. The lowest BCUT2D eigenvalue weighted by atomic mass is 10.1. The van der Waals surface area contributed by atoms with Gasteiger partial charge in [0.2, 0.25) is 0 Å². The number of nitriles is 1. The van der Waals surface area contributed by atoms with Crippen LogP contribution >= 0.6 is 0 Å². The number of aromatic amines is 1. The molecule has 2 aromatic heterocycles. The molecule has 192 valence electrons. The number of carboxylic acid groups (broad SMARTS) is 1. The second-order valence-electron chi connectivity index (χ2n) is 9.29. The van der Waals surface area contributed by atoms with Crippen LogP contribution in [0.25, 0.3) is 21.8 Å². The van der Waals surface area contributed by atoms with Gasteiger partial charge < -0.3 is 14.8 Å². The van der Waals surface area contributed by atoms with Crippen molar-refractivity contribution < 1.29 is 27.4 Å². The molecule has 2 atom stereocenters. The van der Waals surface area contributed by atoms with E-state index in [2.05, 4.69) is 10.1 Å². The van der Waals surface area contributed by atoms with E-state index in [4.69, 9.17) is 9.84 Å². The van der Waals surface area contributed by atoms with Gasteiger partial charge in [0.05, 0.1) is 23.5 Å². The predicted molar refractivity (Wildman–Crippen MR) is 133 cm³/mol. The van der Waals surface area contributed by atoms with Gasteiger partial charge in [-0.05, 0) is 36.8 Å². The molecule has 0 unspecified atom stereocenters. The summed E-state index contributed by atoms with van der Waals surface area (Å²) in [6, 6.07) is 8.76. The molecule has 12 heteroatoms. The molecular formula is C25H24FN5O5S. The van der Waals surface area contributed by atoms with Crippen LogP contribution in [0.1, 0.15) is 16.7 Å². The third-order valence-electron chi connectivity index (χ3n) is 6.53. The molecule has 2 N–H and O–H groups in total. The second kappa shape index (κ2) is 9.17. The van der Waals surface area contributed by atoms with Crippen molar-refractivity contribution in [1.82, 2.24) is 19.7 Å². The van der Waals surface area contributed by atoms with E-state index >= 15 is 0 Å². The van der Waals surface area contributed by atoms with Crippen molar-refractivity contribution in [3.05, 3.63) is 53.3 Å². The number of nitrogens with one attached hydrogen (secondary N) is 1. The van der Waals surface area contributed by atoms with Crippen LogP contribution in [0.4, 0.5) is 4.39 Å². The first-order valence-corrected chi connectivity index (χ1v) is 13.4. The van der Waals surface area contributed by atoms with Crippen LogP contribution in [0.5, 0.6) is 5.75 Å². The van der Waals surface area contributed by atoms with Gasteiger partial charge in [-0.1, -0.05) is 0 Å². The van der Waals surface area contributed by atoms with Crippen molar-refractivity contribution in [2.75, 3.05) is 25.9 Å². The maximum absolute atomic E-state index is 14.7. The Hall–Kier alpha value is -3.95. The molecular weight excluding hydrogens is 501 g/mol. The number of halogens is 1. The zero-order valence-corrected chi connectivity index (χ0v) is 20.9. The minimum absolute atomic E-state index is 0.0575. The molecule has 1 saturated heterocycles. The molecule has 5 rings (SSSR count). The van der Waals surface area contributed by atoms with Gasteiger partial charge >= 0.3 is 5.97 Å². The molecule has 1 aliphatic heterocycles. The number of fused-ring (bicyclic) bond motifs is 2. The lowest BCUT2D eigenvalue weighted by Gasteiger charge is -2.17. The highest BCUT2D eigenvalue weighted by Gasteiger charge is 2.36. The summed E-state index contributed by atoms with van der Waals surface area (Å²) < 4.78 is 47.4. The number of benzene rings is 2. The van der Waals surface area contributed by atoms with Crippen molar-refractivity contribution in [3.8, 4) is 11.8 Å². The number of hydrogen-bond acceptors (Lipinski definition) is 7. The predicted octanol–water partition coefficient (Wildman–Crippen LogP) is 2.64. The summed E-state index contributed by atoms with van der Waals surface area (Å²) in [5.74, 6) is -0.949. The molecule has 37 heavy (non-hydrogen) atoms. The van der Waals surface area contributed by atoms with Crippen molar-refractivity contribution in [2.24, 2.45) is 0 Å². The number of aromatic nitrogens is 3. The lowest BCUT2D eigenvalue weighted by Crippen LogP contribution is -2.30. The number of carboxylic acids is 1. The highest BCUT2D eigenvalue weighted by atomic mass is 32.2. The van der Waals surface area contributed by atoms with Crippen LogP contribution in [-0.4, -0.2) is 77.3 Å². The normalized spacial score (nSPS) is 18.4. The summed E-state index contributed by atoms with van der Waals surface area (Å²) in [4.78, 5) is 15.8. The zero-order valence-electron chi connectivity index (χ0n) is 20.1. The number of ether oxygens (including phenoxy) is 1. The average molecular weight is 526 g/mol. The Morgan fingerprint density at radius 2 is 2.14 bits per heavy atom. The monoisotopic (exact) mass is 525 g/mol. The van der Waals surface area contributed by atoms with E-state index in [0.29, 0.717) is 16.5 Å². The van der Waals surface area contributed by atoms with E-state index < -0.39 is 28.1 Å². The molecule has 0 bridgehead atoms. The molecule has 4 aromatic rings. The number of carbonyl (C=O) groups is 1. The van der Waals surface area contributed by atoms with E-state index in [1.165, 1.54) is 4.90 Å². The van der Waals surface area contributed by atoms with E-state index in [1.807, 2.05) is 19.1 Å². The molecule has 1 aliphatic rings. The largest absolute Gasteiger partial charge is 0.482 e. The van der Waals surface area contributed by atoms with Crippen LogP contribution in [-0.2, 0) is 21.2 Å². The minimum Gasteiger partial charge on any atom is -0.482 e. The molecule has 3 heterocycles. The third kappa shape index (κ3) is 4.63. The Kier molecular flexibility index (Phi) is 6.13. The first-order chi connectivity index (χ1) is 17.5. The Morgan fingerprint density at radius 3 is 2.84 bits per heavy atom. The maximum atomic E-state index is 14.7. The van der Waals surface area contributed by atoms with Crippen molar-refractivity contribution in [1.29, 1.82) is 5.26 Å². The average Bonchev–Trinajstić information content (AvgIpc) is 3.53. The Labute approximate surface area is 211 Å². The smallest absolute Gasteiger partial charge is 0.317 e. The highest BCUT2D eigenvalue weighted by Crippen LogP contribution is 2.33. The van der Waals surface area contributed by atoms with Crippen molar-refractivity contribution >= 4 is 37.6 Å². The molecule has 1 fully saturated rings. The number of rotatable bonds is 7. The van der Waals surface area contributed by atoms with E-state index in [0.717, 1.165) is 22.7 Å². The first-order valence-electron chi connectivity index (χ1n) is 11.5. The van der Waals surface area contributed by atoms with E-state index in [-0.39, 0.29) is 42.4 Å². The first kappa shape index (κ1) is 24.7. The Balaban J connectivity index is 1.54. The van der Waals surface area contributed by atoms with Gasteiger partial charge in [0.25, 0.3) is 0 Å². The maximum Gasteiger partial charge on any atom is 0.317 e. The molecule has 2 aromatic carbocycles. The minimum atomic E-state index is -3.54. The number of hydrogen-bond donors (Lipinski definition) is 2.